The molecule has 8 nitrogen and oxygen atoms in total. The van der Waals surface area contributed by atoms with Gasteiger partial charge in [-0.1, -0.05) is 0 Å². The van der Waals surface area contributed by atoms with Crippen LogP contribution in [0.25, 0.3) is 0 Å². The maximum absolute atomic E-state index is 12.1. The van der Waals surface area contributed by atoms with Crippen LogP contribution in [0.1, 0.15) is 46.0 Å². The fraction of sp³-hybridized carbons (Fsp3) is 0.889. The molecule has 150 valence electrons. The number of likely N-dealkylation sites (tertiary alicyclic amines) is 1. The molecule has 0 aromatic carbocycles. The van der Waals surface area contributed by atoms with Crippen molar-refractivity contribution in [1.82, 2.24) is 20.9 Å². The Morgan fingerprint density at radius 2 is 1.96 bits per heavy atom. The second kappa shape index (κ2) is 10.7. The van der Waals surface area contributed by atoms with E-state index < -0.39 is 6.10 Å². The summed E-state index contributed by atoms with van der Waals surface area (Å²) in [5.74, 6) is -0.0187. The Hall–Kier alpha value is -1.38. The molecule has 0 radical (unpaired) electrons. The maximum Gasteiger partial charge on any atom is 0.315 e. The van der Waals surface area contributed by atoms with Gasteiger partial charge in [0.05, 0.1) is 25.2 Å². The van der Waals surface area contributed by atoms with Crippen molar-refractivity contribution in [2.45, 2.75) is 70.2 Å². The number of aliphatic hydroxyl groups excluding tert-OH is 1. The van der Waals surface area contributed by atoms with Gasteiger partial charge in [0, 0.05) is 19.1 Å². The zero-order valence-corrected chi connectivity index (χ0v) is 16.0. The zero-order chi connectivity index (χ0) is 18.9. The lowest BCUT2D eigenvalue weighted by molar-refractivity contribution is -0.130. The maximum atomic E-state index is 12.1. The van der Waals surface area contributed by atoms with E-state index in [1.807, 2.05) is 13.8 Å². The Kier molecular flexibility index (Phi) is 8.61. The van der Waals surface area contributed by atoms with Gasteiger partial charge in [0.25, 0.3) is 0 Å². The first-order valence-corrected chi connectivity index (χ1v) is 9.80. The highest BCUT2D eigenvalue weighted by Gasteiger charge is 2.32. The largest absolute Gasteiger partial charge is 0.394 e. The highest BCUT2D eigenvalue weighted by Crippen LogP contribution is 2.22. The van der Waals surface area contributed by atoms with E-state index in [0.29, 0.717) is 25.8 Å². The number of hydrogen-bond donors (Lipinski definition) is 4. The SMILES string of the molecule is CC(C)NC(=O)N[C@@H]1CC[C@@H](CC(=O)NCCN2CCCC2)O[C@@H]1CO. The summed E-state index contributed by atoms with van der Waals surface area (Å²) < 4.78 is 5.84. The van der Waals surface area contributed by atoms with Crippen LogP contribution in [0, 0.1) is 0 Å². The first-order chi connectivity index (χ1) is 12.5. The Bertz CT molecular complexity index is 454. The van der Waals surface area contributed by atoms with Crippen molar-refractivity contribution in [2.24, 2.45) is 0 Å². The van der Waals surface area contributed by atoms with Gasteiger partial charge in [0.15, 0.2) is 0 Å². The third-order valence-electron chi connectivity index (χ3n) is 4.89. The van der Waals surface area contributed by atoms with Crippen molar-refractivity contribution in [3.05, 3.63) is 0 Å². The number of nitrogens with zero attached hydrogens (tertiary/aromatic N) is 1. The van der Waals surface area contributed by atoms with Gasteiger partial charge in [-0.15, -0.1) is 0 Å². The highest BCUT2D eigenvalue weighted by molar-refractivity contribution is 5.76. The summed E-state index contributed by atoms with van der Waals surface area (Å²) in [6, 6.07) is -0.456. The van der Waals surface area contributed by atoms with Crippen LogP contribution < -0.4 is 16.0 Å². The number of carbonyl (C=O) groups excluding carboxylic acids is 2. The summed E-state index contributed by atoms with van der Waals surface area (Å²) in [6.45, 7) is 7.40. The monoisotopic (exact) mass is 370 g/mol. The number of hydrogen-bond acceptors (Lipinski definition) is 5. The summed E-state index contributed by atoms with van der Waals surface area (Å²) in [6.07, 6.45) is 3.45. The molecule has 2 rings (SSSR count). The van der Waals surface area contributed by atoms with Crippen molar-refractivity contribution in [2.75, 3.05) is 32.8 Å². The quantitative estimate of drug-likeness (QED) is 0.489. The number of amides is 3. The van der Waals surface area contributed by atoms with Crippen LogP contribution in [0.2, 0.25) is 0 Å². The van der Waals surface area contributed by atoms with E-state index in [9.17, 15) is 14.7 Å². The second-order valence-corrected chi connectivity index (χ2v) is 7.54. The average Bonchev–Trinajstić information content (AvgIpc) is 3.08. The minimum atomic E-state index is -0.482. The lowest BCUT2D eigenvalue weighted by atomic mass is 9.97. The first-order valence-electron chi connectivity index (χ1n) is 9.80. The van der Waals surface area contributed by atoms with E-state index in [4.69, 9.17) is 4.74 Å². The fourth-order valence-corrected chi connectivity index (χ4v) is 3.56. The molecule has 2 heterocycles. The summed E-state index contributed by atoms with van der Waals surface area (Å²) in [4.78, 5) is 26.3. The van der Waals surface area contributed by atoms with Crippen LogP contribution in [-0.4, -0.2) is 79.0 Å². The van der Waals surface area contributed by atoms with E-state index in [-0.39, 0.29) is 36.7 Å². The Morgan fingerprint density at radius 1 is 1.23 bits per heavy atom. The van der Waals surface area contributed by atoms with Gasteiger partial charge in [0.1, 0.15) is 6.10 Å². The van der Waals surface area contributed by atoms with E-state index in [0.717, 1.165) is 19.6 Å². The second-order valence-electron chi connectivity index (χ2n) is 7.54. The molecule has 0 aromatic rings. The van der Waals surface area contributed by atoms with E-state index in [1.165, 1.54) is 12.8 Å². The molecule has 3 amide bonds. The molecule has 0 saturated carbocycles. The molecule has 8 heteroatoms. The average molecular weight is 370 g/mol. The van der Waals surface area contributed by atoms with Crippen molar-refractivity contribution in [1.29, 1.82) is 0 Å². The number of nitrogens with one attached hydrogen (secondary N) is 3. The smallest absolute Gasteiger partial charge is 0.315 e. The van der Waals surface area contributed by atoms with Crippen LogP contribution in [-0.2, 0) is 9.53 Å². The van der Waals surface area contributed by atoms with E-state index in [1.54, 1.807) is 0 Å². The minimum absolute atomic E-state index is 0.0187. The number of ether oxygens (including phenoxy) is 1. The highest BCUT2D eigenvalue weighted by atomic mass is 16.5. The summed E-state index contributed by atoms with van der Waals surface area (Å²) in [7, 11) is 0. The van der Waals surface area contributed by atoms with E-state index in [2.05, 4.69) is 20.9 Å². The van der Waals surface area contributed by atoms with Crippen molar-refractivity contribution < 1.29 is 19.4 Å². The van der Waals surface area contributed by atoms with Gasteiger partial charge in [-0.2, -0.15) is 0 Å². The van der Waals surface area contributed by atoms with Gasteiger partial charge >= 0.3 is 6.03 Å². The van der Waals surface area contributed by atoms with E-state index >= 15 is 0 Å². The molecule has 2 aliphatic heterocycles. The van der Waals surface area contributed by atoms with Crippen LogP contribution in [0.5, 0.6) is 0 Å². The Balaban J connectivity index is 1.68. The van der Waals surface area contributed by atoms with Gasteiger partial charge < -0.3 is 30.7 Å². The predicted molar refractivity (Wildman–Crippen MR) is 98.9 cm³/mol. The summed E-state index contributed by atoms with van der Waals surface area (Å²) in [5.41, 5.74) is 0. The van der Waals surface area contributed by atoms with Gasteiger partial charge in [0.2, 0.25) is 5.91 Å². The molecule has 2 aliphatic rings. The predicted octanol–water partition coefficient (Wildman–Crippen LogP) is 0.205. The molecule has 26 heavy (non-hydrogen) atoms. The van der Waals surface area contributed by atoms with Crippen LogP contribution >= 0.6 is 0 Å². The van der Waals surface area contributed by atoms with Crippen LogP contribution in [0.3, 0.4) is 0 Å². The third-order valence-corrected chi connectivity index (χ3v) is 4.89. The third kappa shape index (κ3) is 7.09. The topological polar surface area (TPSA) is 103 Å². The molecule has 4 N–H and O–H groups in total. The molecule has 2 fully saturated rings. The molecular formula is C18H34N4O4. The normalized spacial score (nSPS) is 26.7. The number of urea groups is 1. The summed E-state index contributed by atoms with van der Waals surface area (Å²) in [5, 5.41) is 18.1. The molecule has 0 aliphatic carbocycles. The van der Waals surface area contributed by atoms with Gasteiger partial charge in [-0.05, 0) is 52.6 Å². The molecule has 0 spiro atoms. The van der Waals surface area contributed by atoms with Crippen LogP contribution in [0.15, 0.2) is 0 Å². The molecule has 0 unspecified atom stereocenters. The Morgan fingerprint density at radius 3 is 2.62 bits per heavy atom. The number of carbonyl (C=O) groups is 2. The van der Waals surface area contributed by atoms with Crippen molar-refractivity contribution >= 4 is 11.9 Å². The van der Waals surface area contributed by atoms with Gasteiger partial charge in [-0.25, -0.2) is 4.79 Å². The van der Waals surface area contributed by atoms with Crippen molar-refractivity contribution in [3.8, 4) is 0 Å². The Labute approximate surface area is 156 Å². The van der Waals surface area contributed by atoms with Crippen LogP contribution in [0.4, 0.5) is 4.79 Å². The lowest BCUT2D eigenvalue weighted by Gasteiger charge is -2.36. The molecule has 0 aromatic heterocycles. The first kappa shape index (κ1) is 20.9. The molecular weight excluding hydrogens is 336 g/mol. The fourth-order valence-electron chi connectivity index (χ4n) is 3.56. The zero-order valence-electron chi connectivity index (χ0n) is 16.0. The molecule has 2 saturated heterocycles. The molecule has 3 atom stereocenters. The molecule has 0 bridgehead atoms. The van der Waals surface area contributed by atoms with Crippen molar-refractivity contribution in [3.63, 3.8) is 0 Å². The van der Waals surface area contributed by atoms with Gasteiger partial charge in [-0.3, -0.25) is 4.79 Å². The lowest BCUT2D eigenvalue weighted by Crippen LogP contribution is -2.54. The summed E-state index contributed by atoms with van der Waals surface area (Å²) >= 11 is 0. The number of aliphatic hydroxyl groups is 1. The number of rotatable bonds is 8. The standard InChI is InChI=1S/C18H34N4O4/c1-13(2)20-18(25)21-15-6-5-14(26-16(15)12-23)11-17(24)19-7-10-22-8-3-4-9-22/h13-16,23H,3-12H2,1-2H3,(H,19,24)(H2,20,21,25)/t14-,15+,16+/m0/s1. The minimum Gasteiger partial charge on any atom is -0.394 e.